The second-order valence-electron chi connectivity index (χ2n) is 3.36. The predicted molar refractivity (Wildman–Crippen MR) is 58.0 cm³/mol. The number of hydrogen-bond acceptors (Lipinski definition) is 5. The summed E-state index contributed by atoms with van der Waals surface area (Å²) in [6.07, 6.45) is 0.196. The van der Waals surface area contributed by atoms with Crippen LogP contribution in [0.3, 0.4) is 0 Å². The van der Waals surface area contributed by atoms with Gasteiger partial charge < -0.3 is 20.7 Å². The van der Waals surface area contributed by atoms with Crippen LogP contribution in [0.25, 0.3) is 0 Å². The molecule has 86 valence electrons. The minimum atomic E-state index is -0.687. The van der Waals surface area contributed by atoms with E-state index in [1.54, 1.807) is 12.1 Å². The fourth-order valence-corrected chi connectivity index (χ4v) is 1.42. The number of phenols is 1. The van der Waals surface area contributed by atoms with Gasteiger partial charge in [-0.1, -0.05) is 0 Å². The molecule has 0 heterocycles. The summed E-state index contributed by atoms with van der Waals surface area (Å²) in [4.78, 5) is 0. The van der Waals surface area contributed by atoms with Crippen LogP contribution in [0.15, 0.2) is 12.1 Å². The number of phenolic OH excluding ortho intramolecular Hbond substituents is 1. The first-order valence-electron chi connectivity index (χ1n) is 4.77. The summed E-state index contributed by atoms with van der Waals surface area (Å²) < 4.78 is 4.97. The standard InChI is InChI=1S/C11H14N2O3/c1-16-10-5-7(2-3-12)4-8(11(10)15)9(13)6-14/h4-5,9,14-15H,2,6,13H2,1H3/t9-/m0/s1. The van der Waals surface area contributed by atoms with E-state index in [-0.39, 0.29) is 24.5 Å². The SMILES string of the molecule is COc1cc(CC#N)cc([C@@H](N)CO)c1O. The molecule has 0 aliphatic carbocycles. The molecule has 4 N–H and O–H groups in total. The predicted octanol–water partition coefficient (Wildman–Crippen LogP) is 0.459. The third-order valence-corrected chi connectivity index (χ3v) is 2.26. The van der Waals surface area contributed by atoms with Crippen LogP contribution in [-0.2, 0) is 6.42 Å². The minimum absolute atomic E-state index is 0.0919. The van der Waals surface area contributed by atoms with Gasteiger partial charge in [0, 0.05) is 5.56 Å². The van der Waals surface area contributed by atoms with Crippen molar-refractivity contribution >= 4 is 0 Å². The number of ether oxygens (including phenoxy) is 1. The first-order chi connectivity index (χ1) is 7.63. The first kappa shape index (κ1) is 12.3. The van der Waals surface area contributed by atoms with Crippen molar-refractivity contribution < 1.29 is 14.9 Å². The van der Waals surface area contributed by atoms with Crippen molar-refractivity contribution in [2.45, 2.75) is 12.5 Å². The summed E-state index contributed by atoms with van der Waals surface area (Å²) >= 11 is 0. The van der Waals surface area contributed by atoms with Gasteiger partial charge in [-0.05, 0) is 17.7 Å². The lowest BCUT2D eigenvalue weighted by atomic mass is 10.0. The summed E-state index contributed by atoms with van der Waals surface area (Å²) in [7, 11) is 1.42. The summed E-state index contributed by atoms with van der Waals surface area (Å²) in [5.74, 6) is 0.164. The average Bonchev–Trinajstić information content (AvgIpc) is 2.30. The number of rotatable bonds is 4. The third-order valence-electron chi connectivity index (χ3n) is 2.26. The van der Waals surface area contributed by atoms with E-state index in [9.17, 15) is 5.11 Å². The number of nitrogens with two attached hydrogens (primary N) is 1. The lowest BCUT2D eigenvalue weighted by molar-refractivity contribution is 0.264. The molecule has 0 spiro atoms. The highest BCUT2D eigenvalue weighted by molar-refractivity contribution is 5.50. The van der Waals surface area contributed by atoms with Crippen LogP contribution in [-0.4, -0.2) is 23.9 Å². The average molecular weight is 222 g/mol. The third kappa shape index (κ3) is 2.42. The lowest BCUT2D eigenvalue weighted by Crippen LogP contribution is -2.15. The van der Waals surface area contributed by atoms with Gasteiger partial charge >= 0.3 is 0 Å². The molecule has 1 aromatic carbocycles. The molecule has 16 heavy (non-hydrogen) atoms. The molecule has 1 rings (SSSR count). The summed E-state index contributed by atoms with van der Waals surface area (Å²) in [6.45, 7) is -0.285. The Kier molecular flexibility index (Phi) is 4.11. The highest BCUT2D eigenvalue weighted by Crippen LogP contribution is 2.34. The molecule has 0 saturated carbocycles. The summed E-state index contributed by atoms with van der Waals surface area (Å²) in [5.41, 5.74) is 6.71. The van der Waals surface area contributed by atoms with E-state index in [4.69, 9.17) is 20.8 Å². The Morgan fingerprint density at radius 1 is 1.56 bits per heavy atom. The van der Waals surface area contributed by atoms with Crippen molar-refractivity contribution in [3.05, 3.63) is 23.3 Å². The number of nitrogens with zero attached hydrogens (tertiary/aromatic N) is 1. The van der Waals surface area contributed by atoms with Crippen LogP contribution in [0.5, 0.6) is 11.5 Å². The van der Waals surface area contributed by atoms with Gasteiger partial charge in [0.15, 0.2) is 11.5 Å². The van der Waals surface area contributed by atoms with Crippen LogP contribution >= 0.6 is 0 Å². The van der Waals surface area contributed by atoms with Crippen LogP contribution in [0.4, 0.5) is 0 Å². The zero-order valence-electron chi connectivity index (χ0n) is 8.97. The molecule has 0 fully saturated rings. The van der Waals surface area contributed by atoms with E-state index in [0.29, 0.717) is 11.1 Å². The Labute approximate surface area is 93.7 Å². The maximum atomic E-state index is 9.78. The number of aliphatic hydroxyl groups is 1. The molecule has 5 nitrogen and oxygen atoms in total. The summed E-state index contributed by atoms with van der Waals surface area (Å²) in [6, 6.07) is 4.49. The first-order valence-corrected chi connectivity index (χ1v) is 4.77. The number of aliphatic hydroxyl groups excluding tert-OH is 1. The zero-order chi connectivity index (χ0) is 12.1. The van der Waals surface area contributed by atoms with Crippen molar-refractivity contribution in [2.24, 2.45) is 5.73 Å². The Balaban J connectivity index is 3.25. The van der Waals surface area contributed by atoms with Crippen LogP contribution < -0.4 is 10.5 Å². The van der Waals surface area contributed by atoms with E-state index in [0.717, 1.165) is 0 Å². The molecule has 0 radical (unpaired) electrons. The quantitative estimate of drug-likeness (QED) is 0.687. The van der Waals surface area contributed by atoms with Gasteiger partial charge in [0.2, 0.25) is 0 Å². The van der Waals surface area contributed by atoms with Gasteiger partial charge in [-0.25, -0.2) is 0 Å². The Morgan fingerprint density at radius 3 is 2.75 bits per heavy atom. The molecule has 1 atom stereocenters. The number of aromatic hydroxyl groups is 1. The fraction of sp³-hybridized carbons (Fsp3) is 0.364. The van der Waals surface area contributed by atoms with Crippen molar-refractivity contribution in [2.75, 3.05) is 13.7 Å². The highest BCUT2D eigenvalue weighted by Gasteiger charge is 2.15. The minimum Gasteiger partial charge on any atom is -0.504 e. The Hall–Kier alpha value is -1.77. The van der Waals surface area contributed by atoms with Crippen LogP contribution in [0.1, 0.15) is 17.2 Å². The molecule has 1 aromatic rings. The number of nitriles is 1. The number of hydrogen-bond donors (Lipinski definition) is 3. The van der Waals surface area contributed by atoms with E-state index in [1.807, 2.05) is 6.07 Å². The molecule has 0 aliphatic rings. The van der Waals surface area contributed by atoms with E-state index in [2.05, 4.69) is 0 Å². The van der Waals surface area contributed by atoms with E-state index >= 15 is 0 Å². The largest absolute Gasteiger partial charge is 0.504 e. The normalized spacial score (nSPS) is 11.9. The van der Waals surface area contributed by atoms with Crippen LogP contribution in [0, 0.1) is 11.3 Å². The Bertz CT molecular complexity index is 412. The molecule has 0 unspecified atom stereocenters. The van der Waals surface area contributed by atoms with Gasteiger partial charge in [-0.3, -0.25) is 0 Å². The zero-order valence-corrected chi connectivity index (χ0v) is 8.97. The highest BCUT2D eigenvalue weighted by atomic mass is 16.5. The fourth-order valence-electron chi connectivity index (χ4n) is 1.42. The second-order valence-corrected chi connectivity index (χ2v) is 3.36. The van der Waals surface area contributed by atoms with Gasteiger partial charge in [-0.2, -0.15) is 5.26 Å². The van der Waals surface area contributed by atoms with Crippen molar-refractivity contribution in [1.82, 2.24) is 0 Å². The molecular formula is C11H14N2O3. The molecular weight excluding hydrogens is 208 g/mol. The Morgan fingerprint density at radius 2 is 2.25 bits per heavy atom. The summed E-state index contributed by atoms with van der Waals surface area (Å²) in [5, 5.41) is 27.3. The molecule has 0 amide bonds. The lowest BCUT2D eigenvalue weighted by Gasteiger charge is -2.14. The van der Waals surface area contributed by atoms with Crippen molar-refractivity contribution in [3.8, 4) is 17.6 Å². The molecule has 0 saturated heterocycles. The molecule has 0 aromatic heterocycles. The monoisotopic (exact) mass is 222 g/mol. The van der Waals surface area contributed by atoms with Gasteiger partial charge in [0.1, 0.15) is 0 Å². The van der Waals surface area contributed by atoms with Gasteiger partial charge in [-0.15, -0.1) is 0 Å². The number of methoxy groups -OCH3 is 1. The van der Waals surface area contributed by atoms with Gasteiger partial charge in [0.05, 0.1) is 32.2 Å². The molecule has 0 aliphatic heterocycles. The van der Waals surface area contributed by atoms with Crippen LogP contribution in [0.2, 0.25) is 0 Å². The molecule has 0 bridgehead atoms. The maximum absolute atomic E-state index is 9.78. The van der Waals surface area contributed by atoms with E-state index < -0.39 is 6.04 Å². The van der Waals surface area contributed by atoms with Crippen molar-refractivity contribution in [1.29, 1.82) is 5.26 Å². The second kappa shape index (κ2) is 5.35. The van der Waals surface area contributed by atoms with E-state index in [1.165, 1.54) is 7.11 Å². The van der Waals surface area contributed by atoms with Gasteiger partial charge in [0.25, 0.3) is 0 Å². The topological polar surface area (TPSA) is 99.5 Å². The van der Waals surface area contributed by atoms with Crippen molar-refractivity contribution in [3.63, 3.8) is 0 Å². The smallest absolute Gasteiger partial charge is 0.162 e. The maximum Gasteiger partial charge on any atom is 0.162 e. The number of benzene rings is 1. The molecule has 5 heteroatoms.